The number of nitrogens with zero attached hydrogens (tertiary/aromatic N) is 1. The summed E-state index contributed by atoms with van der Waals surface area (Å²) in [4.78, 5) is 31.2. The van der Waals surface area contributed by atoms with E-state index in [1.54, 1.807) is 24.3 Å². The average molecular weight is 546 g/mol. The van der Waals surface area contributed by atoms with E-state index >= 15 is 0 Å². The Kier molecular flexibility index (Phi) is 8.29. The smallest absolute Gasteiger partial charge is 0.330 e. The third-order valence-electron chi connectivity index (χ3n) is 5.61. The monoisotopic (exact) mass is 545 g/mol. The number of H-pyrrole nitrogens is 1. The Hall–Kier alpha value is -3.94. The summed E-state index contributed by atoms with van der Waals surface area (Å²) in [7, 11) is -2.29. The minimum Gasteiger partial charge on any atom is -0.488 e. The van der Waals surface area contributed by atoms with E-state index in [1.165, 1.54) is 24.4 Å². The normalized spacial score (nSPS) is 16.0. The molecule has 1 saturated heterocycles. The fourth-order valence-corrected chi connectivity index (χ4v) is 4.25. The van der Waals surface area contributed by atoms with Crippen molar-refractivity contribution >= 4 is 21.7 Å². The van der Waals surface area contributed by atoms with Crippen LogP contribution < -0.4 is 14.8 Å². The highest BCUT2D eigenvalue weighted by Crippen LogP contribution is 2.33. The molecule has 4 rings (SSSR count). The summed E-state index contributed by atoms with van der Waals surface area (Å²) in [5.41, 5.74) is 1.33. The number of nitrogens with one attached hydrogen (secondary N) is 2. The van der Waals surface area contributed by atoms with E-state index in [-0.39, 0.29) is 16.8 Å². The molecule has 38 heavy (non-hydrogen) atoms. The molecule has 12 nitrogen and oxygen atoms in total. The van der Waals surface area contributed by atoms with Gasteiger partial charge in [0.1, 0.15) is 29.0 Å². The van der Waals surface area contributed by atoms with Gasteiger partial charge in [-0.3, -0.25) is 4.79 Å². The van der Waals surface area contributed by atoms with Gasteiger partial charge in [-0.05, 0) is 36.4 Å². The summed E-state index contributed by atoms with van der Waals surface area (Å²) >= 11 is 0. The lowest BCUT2D eigenvalue weighted by Gasteiger charge is -2.15. The van der Waals surface area contributed by atoms with Gasteiger partial charge in [-0.25, -0.2) is 18.2 Å². The Bertz CT molecular complexity index is 1400. The number of carbonyl (C=O) groups is 2. The van der Waals surface area contributed by atoms with E-state index < -0.39 is 34.4 Å². The number of carbonyl (C=O) groups excluding carboxylic acids is 2. The van der Waals surface area contributed by atoms with Gasteiger partial charge < -0.3 is 34.4 Å². The van der Waals surface area contributed by atoms with Crippen LogP contribution in [-0.4, -0.2) is 80.7 Å². The minimum atomic E-state index is -3.45. The maximum absolute atomic E-state index is 12.6. The number of hydrogen-bond donors (Lipinski definition) is 3. The van der Waals surface area contributed by atoms with Gasteiger partial charge in [-0.2, -0.15) is 0 Å². The van der Waals surface area contributed by atoms with E-state index in [4.69, 9.17) is 14.2 Å². The molecule has 1 aliphatic heterocycles. The quantitative estimate of drug-likeness (QED) is 0.319. The SMILES string of the molecule is COC(=O)[C@H](CO)NC(=O)c1ccc(-c2cc(Oc3ccc(S(C)(=O)=O)nc3)cc(O[C@H]3CCOC3)c2)[nH]1. The number of aliphatic hydroxyl groups excluding tert-OH is 1. The molecular formula is C25H27N3O9S. The zero-order chi connectivity index (χ0) is 27.3. The number of hydrogen-bond acceptors (Lipinski definition) is 10. The van der Waals surface area contributed by atoms with Crippen LogP contribution in [0.2, 0.25) is 0 Å². The fraction of sp³-hybridized carbons (Fsp3) is 0.320. The van der Waals surface area contributed by atoms with Crippen molar-refractivity contribution in [3.63, 3.8) is 0 Å². The molecule has 3 aromatic rings. The van der Waals surface area contributed by atoms with Gasteiger partial charge in [0.2, 0.25) is 0 Å². The van der Waals surface area contributed by atoms with E-state index in [2.05, 4.69) is 20.0 Å². The van der Waals surface area contributed by atoms with Gasteiger partial charge in [0.15, 0.2) is 20.9 Å². The third-order valence-corrected chi connectivity index (χ3v) is 6.61. The molecule has 1 aromatic carbocycles. The van der Waals surface area contributed by atoms with Crippen LogP contribution >= 0.6 is 0 Å². The number of benzene rings is 1. The van der Waals surface area contributed by atoms with Crippen LogP contribution in [0.25, 0.3) is 11.3 Å². The number of esters is 1. The molecule has 0 bridgehead atoms. The molecule has 3 N–H and O–H groups in total. The number of aromatic nitrogens is 2. The lowest BCUT2D eigenvalue weighted by Crippen LogP contribution is -2.44. The van der Waals surface area contributed by atoms with Crippen LogP contribution in [-0.2, 0) is 24.1 Å². The first-order valence-corrected chi connectivity index (χ1v) is 13.5. The van der Waals surface area contributed by atoms with Gasteiger partial charge >= 0.3 is 5.97 Å². The summed E-state index contributed by atoms with van der Waals surface area (Å²) < 4.78 is 45.3. The van der Waals surface area contributed by atoms with Crippen LogP contribution in [0.15, 0.2) is 53.7 Å². The van der Waals surface area contributed by atoms with Crippen molar-refractivity contribution in [3.8, 4) is 28.5 Å². The van der Waals surface area contributed by atoms with E-state index in [9.17, 15) is 23.1 Å². The molecule has 0 unspecified atom stereocenters. The van der Waals surface area contributed by atoms with E-state index in [1.807, 2.05) is 0 Å². The van der Waals surface area contributed by atoms with Gasteiger partial charge in [-0.1, -0.05) is 0 Å². The highest BCUT2D eigenvalue weighted by atomic mass is 32.2. The number of aliphatic hydroxyl groups is 1. The number of sulfone groups is 1. The highest BCUT2D eigenvalue weighted by molar-refractivity contribution is 7.90. The molecule has 0 spiro atoms. The van der Waals surface area contributed by atoms with Crippen LogP contribution in [0.4, 0.5) is 0 Å². The summed E-state index contributed by atoms with van der Waals surface area (Å²) in [6, 6.07) is 10.0. The number of ether oxygens (including phenoxy) is 4. The molecule has 1 fully saturated rings. The Labute approximate surface area is 218 Å². The van der Waals surface area contributed by atoms with Gasteiger partial charge in [0, 0.05) is 30.0 Å². The largest absolute Gasteiger partial charge is 0.488 e. The van der Waals surface area contributed by atoms with Crippen molar-refractivity contribution in [2.45, 2.75) is 23.6 Å². The molecule has 2 atom stereocenters. The molecule has 3 heterocycles. The Morgan fingerprint density at radius 3 is 2.61 bits per heavy atom. The second-order valence-corrected chi connectivity index (χ2v) is 10.5. The lowest BCUT2D eigenvalue weighted by molar-refractivity contribution is -0.143. The van der Waals surface area contributed by atoms with Crippen molar-refractivity contribution < 1.29 is 42.1 Å². The van der Waals surface area contributed by atoms with Crippen LogP contribution in [0.5, 0.6) is 17.2 Å². The molecule has 2 aromatic heterocycles. The van der Waals surface area contributed by atoms with E-state index in [0.717, 1.165) is 19.8 Å². The number of methoxy groups -OCH3 is 1. The first kappa shape index (κ1) is 27.1. The fourth-order valence-electron chi connectivity index (χ4n) is 3.69. The van der Waals surface area contributed by atoms with Crippen LogP contribution in [0.1, 0.15) is 16.9 Å². The molecule has 0 saturated carbocycles. The Morgan fingerprint density at radius 1 is 1.18 bits per heavy atom. The Balaban J connectivity index is 1.60. The second kappa shape index (κ2) is 11.6. The molecule has 1 amide bonds. The van der Waals surface area contributed by atoms with Crippen molar-refractivity contribution in [2.75, 3.05) is 33.2 Å². The topological polar surface area (TPSA) is 166 Å². The lowest BCUT2D eigenvalue weighted by atomic mass is 10.1. The van der Waals surface area contributed by atoms with Crippen molar-refractivity contribution in [2.24, 2.45) is 0 Å². The predicted molar refractivity (Wildman–Crippen MR) is 134 cm³/mol. The summed E-state index contributed by atoms with van der Waals surface area (Å²) in [6.45, 7) is 0.439. The zero-order valence-electron chi connectivity index (χ0n) is 20.7. The third kappa shape index (κ3) is 6.68. The summed E-state index contributed by atoms with van der Waals surface area (Å²) in [5, 5.41) is 11.7. The first-order valence-electron chi connectivity index (χ1n) is 11.6. The molecule has 1 aliphatic rings. The molecular weight excluding hydrogens is 518 g/mol. The van der Waals surface area contributed by atoms with Crippen LogP contribution in [0.3, 0.4) is 0 Å². The Morgan fingerprint density at radius 2 is 1.97 bits per heavy atom. The molecule has 0 radical (unpaired) electrons. The number of amides is 1. The summed E-state index contributed by atoms with van der Waals surface area (Å²) in [5.74, 6) is -0.176. The standard InChI is InChI=1S/C25H27N3O9S/c1-34-25(31)22(13-29)28-24(30)21-5-4-20(27-21)15-9-18(11-19(10-15)37-17-7-8-35-14-17)36-16-3-6-23(26-12-16)38(2,32)33/h3-6,9-12,17,22,27,29H,7-8,13-14H2,1-2H3,(H,28,30)/t17-,22-/m0/s1. The zero-order valence-corrected chi connectivity index (χ0v) is 21.5. The summed E-state index contributed by atoms with van der Waals surface area (Å²) in [6.07, 6.45) is 2.98. The van der Waals surface area contributed by atoms with Gasteiger partial charge in [0.25, 0.3) is 5.91 Å². The van der Waals surface area contributed by atoms with E-state index in [0.29, 0.717) is 41.7 Å². The van der Waals surface area contributed by atoms with Crippen molar-refractivity contribution in [1.29, 1.82) is 0 Å². The van der Waals surface area contributed by atoms with Gasteiger partial charge in [-0.15, -0.1) is 0 Å². The molecule has 0 aliphatic carbocycles. The highest BCUT2D eigenvalue weighted by Gasteiger charge is 2.23. The molecule has 13 heteroatoms. The maximum atomic E-state index is 12.6. The average Bonchev–Trinajstić information content (AvgIpc) is 3.59. The van der Waals surface area contributed by atoms with Crippen LogP contribution in [0, 0.1) is 0 Å². The first-order chi connectivity index (χ1) is 18.2. The minimum absolute atomic E-state index is 0.0725. The van der Waals surface area contributed by atoms with Gasteiger partial charge in [0.05, 0.1) is 33.1 Å². The van der Waals surface area contributed by atoms with Crippen molar-refractivity contribution in [1.82, 2.24) is 15.3 Å². The van der Waals surface area contributed by atoms with Crippen molar-refractivity contribution in [3.05, 3.63) is 54.4 Å². The predicted octanol–water partition coefficient (Wildman–Crippen LogP) is 1.70. The number of pyridine rings is 1. The maximum Gasteiger partial charge on any atom is 0.330 e. The molecule has 202 valence electrons. The number of rotatable bonds is 10. The second-order valence-electron chi connectivity index (χ2n) is 8.52. The number of aromatic amines is 1.